The molecule has 0 spiro atoms. The number of carboxylic acid groups (broad SMARTS) is 1. The zero-order chi connectivity index (χ0) is 88.1. The van der Waals surface area contributed by atoms with Crippen LogP contribution >= 0.6 is 0 Å². The van der Waals surface area contributed by atoms with E-state index < -0.39 is 22.5 Å². The number of piperazine rings is 3. The number of nitrogens with one attached hydrogen (secondary N) is 1. The van der Waals surface area contributed by atoms with E-state index in [-0.39, 0.29) is 116 Å². The molecule has 2 aliphatic carbocycles. The van der Waals surface area contributed by atoms with E-state index in [1.54, 1.807) is 114 Å². The number of fused-ring (bicyclic) bond motifs is 3. The Kier molecular flexibility index (Phi) is 24.2. The second-order valence-corrected chi connectivity index (χ2v) is 36.1. The first-order chi connectivity index (χ1) is 58.2. The standard InChI is InChI=1S/C33H33F2N5O4.C33H42FN5O4.C25H27FN8O2/c1-33(2)19-38(30(41)22-3-5-23(6-4-22)32(43)44)15-16-39(33)31(42)28-18-40-29(36-28)26(20-7-11-24(34)12-8-20)17-27(37-40)21-9-13-25(35)14-10-21;1-31(2,3)24-18-25(21-8-10-23(34)11-9-21)36-39-19-26(35-27(24)39)29(41)38-17-16-37(20-32(38,4)5)28(40)22-12-14-33(6,15-13-22)30(42)43-7;1-15-27-21(30-29-15)24(36)33-11-9-32(10-12-33)23(35)20-14-34-22(28-20)18(25(2,3)4)13-19(31-34)16-5-7-17(26)8-6-16/h7-14,17-18,22-23H,3-6,15-16,19H2,1-2H3,(H,43,44);8-11,18-19,22H,12-17,20H2,1-7H3;5-8,13-14H,9-12H2,1-4H3,(H,27,29,30). The van der Waals surface area contributed by atoms with Crippen LogP contribution in [-0.4, -0.2) is 224 Å². The summed E-state index contributed by atoms with van der Waals surface area (Å²) >= 11 is 0. The third-order valence-corrected chi connectivity index (χ3v) is 24.2. The molecular weight excluding hydrogens is 1580 g/mol. The predicted molar refractivity (Wildman–Crippen MR) is 449 cm³/mol. The minimum absolute atomic E-state index is 0.0169. The van der Waals surface area contributed by atoms with Crippen molar-refractivity contribution in [2.45, 2.75) is 156 Å². The van der Waals surface area contributed by atoms with Gasteiger partial charge in [0.1, 0.15) is 46.2 Å². The largest absolute Gasteiger partial charge is 0.481 e. The van der Waals surface area contributed by atoms with E-state index in [0.717, 1.165) is 22.3 Å². The Morgan fingerprint density at radius 2 is 0.789 bits per heavy atom. The second kappa shape index (κ2) is 34.3. The minimum Gasteiger partial charge on any atom is -0.481 e. The summed E-state index contributed by atoms with van der Waals surface area (Å²) in [5.74, 6) is -3.31. The van der Waals surface area contributed by atoms with Gasteiger partial charge in [-0.15, -0.1) is 5.10 Å². The molecule has 644 valence electrons. The number of carbonyl (C=O) groups is 8. The topological polar surface area (TPSA) is 318 Å². The van der Waals surface area contributed by atoms with Gasteiger partial charge in [-0.25, -0.2) is 51.0 Å². The molecule has 3 aliphatic heterocycles. The van der Waals surface area contributed by atoms with Gasteiger partial charge in [0.25, 0.3) is 23.6 Å². The number of aromatic nitrogens is 12. The average molecular weight is 1680 g/mol. The van der Waals surface area contributed by atoms with Crippen molar-refractivity contribution in [1.29, 1.82) is 0 Å². The summed E-state index contributed by atoms with van der Waals surface area (Å²) in [4.78, 5) is 133. The van der Waals surface area contributed by atoms with Gasteiger partial charge >= 0.3 is 11.9 Å². The molecule has 2 N–H and O–H groups in total. The van der Waals surface area contributed by atoms with Gasteiger partial charge in [0.2, 0.25) is 17.6 Å². The summed E-state index contributed by atoms with van der Waals surface area (Å²) in [5, 5.41) is 29.9. The number of imidazole rings is 3. The fourth-order valence-corrected chi connectivity index (χ4v) is 17.1. The number of nitrogens with zero attached hydrogens (tertiary/aromatic N) is 17. The number of methoxy groups -OCH3 is 1. The molecule has 16 rings (SSSR count). The van der Waals surface area contributed by atoms with Crippen LogP contribution in [0.3, 0.4) is 0 Å². The van der Waals surface area contributed by atoms with Crippen molar-refractivity contribution in [3.63, 3.8) is 0 Å². The number of halogens is 4. The quantitative estimate of drug-likeness (QED) is 0.0848. The summed E-state index contributed by atoms with van der Waals surface area (Å²) in [6, 6.07) is 29.9. The molecular formula is C91H102F4N18O10. The zero-order valence-corrected chi connectivity index (χ0v) is 71.4. The fourth-order valence-electron chi connectivity index (χ4n) is 17.1. The van der Waals surface area contributed by atoms with E-state index in [9.17, 15) is 61.0 Å². The fraction of sp³-hybridized carbons (Fsp3) is 0.429. The Morgan fingerprint density at radius 3 is 1.16 bits per heavy atom. The highest BCUT2D eigenvalue weighted by molar-refractivity contribution is 5.97. The number of esters is 1. The first kappa shape index (κ1) is 86.7. The van der Waals surface area contributed by atoms with Crippen LogP contribution in [0.1, 0.15) is 187 Å². The molecule has 3 saturated heterocycles. The molecule has 0 unspecified atom stereocenters. The molecule has 0 bridgehead atoms. The first-order valence-electron chi connectivity index (χ1n) is 41.5. The predicted octanol–water partition coefficient (Wildman–Crippen LogP) is 13.4. The van der Waals surface area contributed by atoms with E-state index in [1.165, 1.54) is 60.2 Å². The Bertz CT molecular complexity index is 5850. The summed E-state index contributed by atoms with van der Waals surface area (Å²) < 4.78 is 64.1. The summed E-state index contributed by atoms with van der Waals surface area (Å²) in [6.07, 6.45) is 9.51. The Balaban J connectivity index is 0.000000151. The van der Waals surface area contributed by atoms with Crippen molar-refractivity contribution in [2.75, 3.05) is 72.6 Å². The smallest absolute Gasteiger partial charge is 0.311 e. The maximum atomic E-state index is 13.9. The SMILES string of the molecule is CC1(C)CN(C(=O)C2CCC(C(=O)O)CC2)CCN1C(=O)c1cn2nc(-c3ccc(F)cc3)cc(-c3ccc(F)cc3)c2n1.COC(=O)C1(C)CCC(C(=O)N2CCN(C(=O)c3cn4nc(-c5ccc(F)cc5)cc(C(C)(C)C)c4n3)C(C)(C)C2)CC1.Cc1nc(C(=O)N2CCN(C(=O)c3cn4nc(-c5ccc(F)cc5)cc(C(C)(C)C)c4n3)CC2)n[nH]1. The van der Waals surface area contributed by atoms with E-state index in [4.69, 9.17) is 14.8 Å². The lowest BCUT2D eigenvalue weighted by Gasteiger charge is -2.48. The lowest BCUT2D eigenvalue weighted by atomic mass is 9.71. The highest BCUT2D eigenvalue weighted by atomic mass is 19.1. The summed E-state index contributed by atoms with van der Waals surface area (Å²) in [7, 11) is 1.41. The van der Waals surface area contributed by atoms with Crippen molar-refractivity contribution >= 4 is 64.3 Å². The van der Waals surface area contributed by atoms with Crippen molar-refractivity contribution in [2.24, 2.45) is 23.2 Å². The number of rotatable bonds is 12. The number of carbonyl (C=O) groups excluding carboxylic acids is 7. The third-order valence-electron chi connectivity index (χ3n) is 24.2. The molecule has 4 aromatic carbocycles. The molecule has 123 heavy (non-hydrogen) atoms. The Hall–Kier alpha value is -12.6. The van der Waals surface area contributed by atoms with Gasteiger partial charge in [-0.2, -0.15) is 15.3 Å². The maximum absolute atomic E-state index is 13.9. The van der Waals surface area contributed by atoms with Crippen LogP contribution in [0.15, 0.2) is 134 Å². The number of ether oxygens (including phenoxy) is 1. The van der Waals surface area contributed by atoms with Crippen molar-refractivity contribution < 1.29 is 65.8 Å². The number of aliphatic carboxylic acids is 1. The van der Waals surface area contributed by atoms with Gasteiger partial charge in [0.05, 0.1) is 65.2 Å². The van der Waals surface area contributed by atoms with Gasteiger partial charge in [-0.3, -0.25) is 43.5 Å². The molecule has 2 saturated carbocycles. The number of aromatic amines is 1. The molecule has 28 nitrogen and oxygen atoms in total. The Morgan fingerprint density at radius 1 is 0.439 bits per heavy atom. The van der Waals surface area contributed by atoms with Crippen molar-refractivity contribution in [3.8, 4) is 44.9 Å². The number of H-pyrrole nitrogens is 1. The number of amides is 6. The van der Waals surface area contributed by atoms with E-state index >= 15 is 0 Å². The van der Waals surface area contributed by atoms with Gasteiger partial charge in [-0.1, -0.05) is 53.7 Å². The molecule has 7 aromatic heterocycles. The molecule has 5 aliphatic rings. The molecule has 11 aromatic rings. The molecule has 5 fully saturated rings. The van der Waals surface area contributed by atoms with E-state index in [2.05, 4.69) is 76.9 Å². The van der Waals surface area contributed by atoms with Gasteiger partial charge in [0.15, 0.2) is 16.9 Å². The summed E-state index contributed by atoms with van der Waals surface area (Å²) in [6.45, 7) is 27.6. The van der Waals surface area contributed by atoms with Crippen LogP contribution in [0, 0.1) is 53.4 Å². The van der Waals surface area contributed by atoms with Crippen LogP contribution in [-0.2, 0) is 34.7 Å². The first-order valence-corrected chi connectivity index (χ1v) is 41.5. The number of hydrogen-bond acceptors (Lipinski definition) is 17. The number of hydrogen-bond donors (Lipinski definition) is 2. The van der Waals surface area contributed by atoms with Gasteiger partial charge in [0, 0.05) is 111 Å². The lowest BCUT2D eigenvalue weighted by Crippen LogP contribution is -2.62. The molecule has 0 radical (unpaired) electrons. The monoisotopic (exact) mass is 1680 g/mol. The molecule has 6 amide bonds. The number of benzene rings is 4. The second-order valence-electron chi connectivity index (χ2n) is 36.1. The van der Waals surface area contributed by atoms with Crippen LogP contribution in [0.5, 0.6) is 0 Å². The van der Waals surface area contributed by atoms with Crippen molar-refractivity contribution in [3.05, 3.63) is 197 Å². The zero-order valence-electron chi connectivity index (χ0n) is 71.4. The highest BCUT2D eigenvalue weighted by Crippen LogP contribution is 2.42. The highest BCUT2D eigenvalue weighted by Gasteiger charge is 2.46. The summed E-state index contributed by atoms with van der Waals surface area (Å²) in [5.41, 5.74) is 7.18. The lowest BCUT2D eigenvalue weighted by molar-refractivity contribution is -0.156. The Labute approximate surface area is 709 Å². The van der Waals surface area contributed by atoms with Gasteiger partial charge in [-0.05, 0) is 212 Å². The van der Waals surface area contributed by atoms with Gasteiger partial charge < -0.3 is 39.2 Å². The molecule has 32 heteroatoms. The van der Waals surface area contributed by atoms with E-state index in [0.29, 0.717) is 173 Å². The van der Waals surface area contributed by atoms with Crippen LogP contribution in [0.25, 0.3) is 61.8 Å². The van der Waals surface area contributed by atoms with Crippen LogP contribution < -0.4 is 0 Å². The number of aryl methyl sites for hydroxylation is 1. The molecule has 0 atom stereocenters. The average Bonchev–Trinajstić information content (AvgIpc) is 1.64. The van der Waals surface area contributed by atoms with Crippen LogP contribution in [0.4, 0.5) is 17.6 Å². The molecule has 10 heterocycles. The van der Waals surface area contributed by atoms with Crippen LogP contribution in [0.2, 0.25) is 0 Å². The third kappa shape index (κ3) is 18.6. The van der Waals surface area contributed by atoms with E-state index in [1.807, 2.05) is 51.7 Å². The normalized spacial score (nSPS) is 19.3. The minimum atomic E-state index is -0.803. The maximum Gasteiger partial charge on any atom is 0.311 e. The number of carboxylic acids is 1. The van der Waals surface area contributed by atoms with Crippen molar-refractivity contribution in [1.82, 2.24) is 88.4 Å².